The standard InChI is InChI=1S/C24H27N5O/c30-23(20-10-7-13-25-14-20)28-16-21(24(17-28)11-5-2-6-12-24)22-27-26-18-29(22)15-19-8-3-1-4-9-19/h1,3-4,7-10,13-14,18,21H,2,5-6,11-12,15-17H2. The molecule has 6 nitrogen and oxygen atoms in total. The molecule has 154 valence electrons. The molecule has 2 fully saturated rings. The summed E-state index contributed by atoms with van der Waals surface area (Å²) in [4.78, 5) is 19.4. The Bertz CT molecular complexity index is 995. The topological polar surface area (TPSA) is 63.9 Å². The fourth-order valence-corrected chi connectivity index (χ4v) is 5.35. The second kappa shape index (κ2) is 8.01. The summed E-state index contributed by atoms with van der Waals surface area (Å²) >= 11 is 0. The third kappa shape index (κ3) is 3.51. The molecular weight excluding hydrogens is 374 g/mol. The van der Waals surface area contributed by atoms with Crippen molar-refractivity contribution < 1.29 is 4.79 Å². The molecule has 0 bridgehead atoms. The van der Waals surface area contributed by atoms with Crippen LogP contribution in [0.25, 0.3) is 0 Å². The molecule has 30 heavy (non-hydrogen) atoms. The number of aromatic nitrogens is 4. The first kappa shape index (κ1) is 19.0. The van der Waals surface area contributed by atoms with Crippen molar-refractivity contribution in [3.8, 4) is 0 Å². The molecule has 2 aromatic heterocycles. The van der Waals surface area contributed by atoms with E-state index in [-0.39, 0.29) is 17.2 Å². The highest BCUT2D eigenvalue weighted by Gasteiger charge is 2.50. The summed E-state index contributed by atoms with van der Waals surface area (Å²) in [6.07, 6.45) is 11.2. The molecule has 1 aromatic carbocycles. The van der Waals surface area contributed by atoms with E-state index >= 15 is 0 Å². The van der Waals surface area contributed by atoms with Gasteiger partial charge in [0.25, 0.3) is 5.91 Å². The van der Waals surface area contributed by atoms with Crippen molar-refractivity contribution in [2.24, 2.45) is 5.41 Å². The first-order chi connectivity index (χ1) is 14.8. The lowest BCUT2D eigenvalue weighted by Crippen LogP contribution is -2.34. The number of hydrogen-bond acceptors (Lipinski definition) is 4. The predicted molar refractivity (Wildman–Crippen MR) is 114 cm³/mol. The maximum absolute atomic E-state index is 13.2. The molecule has 2 aliphatic rings. The largest absolute Gasteiger partial charge is 0.337 e. The smallest absolute Gasteiger partial charge is 0.255 e. The van der Waals surface area contributed by atoms with Crippen LogP contribution in [0.15, 0.2) is 61.2 Å². The first-order valence-electron chi connectivity index (χ1n) is 10.9. The summed E-state index contributed by atoms with van der Waals surface area (Å²) in [6, 6.07) is 14.1. The van der Waals surface area contributed by atoms with Gasteiger partial charge in [0.05, 0.1) is 12.1 Å². The number of rotatable bonds is 4. The zero-order valence-corrected chi connectivity index (χ0v) is 17.2. The Morgan fingerprint density at radius 2 is 1.90 bits per heavy atom. The number of pyridine rings is 1. The lowest BCUT2D eigenvalue weighted by Gasteiger charge is -2.37. The van der Waals surface area contributed by atoms with Gasteiger partial charge in [0, 0.05) is 31.4 Å². The Balaban J connectivity index is 1.46. The molecule has 1 spiro atoms. The molecule has 0 radical (unpaired) electrons. The Morgan fingerprint density at radius 1 is 1.07 bits per heavy atom. The van der Waals surface area contributed by atoms with Gasteiger partial charge >= 0.3 is 0 Å². The highest BCUT2D eigenvalue weighted by molar-refractivity contribution is 5.94. The third-order valence-corrected chi connectivity index (χ3v) is 6.85. The minimum absolute atomic E-state index is 0.0738. The summed E-state index contributed by atoms with van der Waals surface area (Å²) in [6.45, 7) is 2.25. The molecule has 3 heterocycles. The van der Waals surface area contributed by atoms with Crippen molar-refractivity contribution in [3.05, 3.63) is 78.1 Å². The van der Waals surface area contributed by atoms with Crippen LogP contribution in [0.3, 0.4) is 0 Å². The van der Waals surface area contributed by atoms with Crippen molar-refractivity contribution >= 4 is 5.91 Å². The summed E-state index contributed by atoms with van der Waals surface area (Å²) in [7, 11) is 0. The SMILES string of the molecule is O=C(c1cccnc1)N1CC(c2nncn2Cc2ccccc2)C2(CCCCC2)C1. The van der Waals surface area contributed by atoms with Crippen molar-refractivity contribution in [2.75, 3.05) is 13.1 Å². The maximum atomic E-state index is 13.2. The molecule has 1 saturated heterocycles. The number of benzene rings is 1. The van der Waals surface area contributed by atoms with Gasteiger partial charge in [0.1, 0.15) is 12.2 Å². The number of likely N-dealkylation sites (tertiary alicyclic amines) is 1. The van der Waals surface area contributed by atoms with Crippen LogP contribution in [0.5, 0.6) is 0 Å². The summed E-state index contributed by atoms with van der Waals surface area (Å²) < 4.78 is 2.18. The molecule has 1 aliphatic carbocycles. The molecule has 1 unspecified atom stereocenters. The van der Waals surface area contributed by atoms with E-state index in [0.29, 0.717) is 12.1 Å². The van der Waals surface area contributed by atoms with Gasteiger partial charge in [-0.3, -0.25) is 9.78 Å². The zero-order chi connectivity index (χ0) is 20.4. The van der Waals surface area contributed by atoms with E-state index in [0.717, 1.165) is 31.8 Å². The molecule has 0 N–H and O–H groups in total. The quantitative estimate of drug-likeness (QED) is 0.665. The first-order valence-corrected chi connectivity index (χ1v) is 10.9. The van der Waals surface area contributed by atoms with Crippen molar-refractivity contribution in [2.45, 2.75) is 44.6 Å². The Morgan fingerprint density at radius 3 is 2.67 bits per heavy atom. The fourth-order valence-electron chi connectivity index (χ4n) is 5.35. The molecule has 3 aromatic rings. The van der Waals surface area contributed by atoms with Crippen LogP contribution in [0.1, 0.15) is 59.8 Å². The van der Waals surface area contributed by atoms with Crippen LogP contribution < -0.4 is 0 Å². The monoisotopic (exact) mass is 401 g/mol. The van der Waals surface area contributed by atoms with Crippen molar-refractivity contribution in [3.63, 3.8) is 0 Å². The highest BCUT2D eigenvalue weighted by atomic mass is 16.2. The maximum Gasteiger partial charge on any atom is 0.255 e. The molecule has 1 saturated carbocycles. The minimum atomic E-state index is 0.0738. The molecule has 5 rings (SSSR count). The summed E-state index contributed by atoms with van der Waals surface area (Å²) in [5.41, 5.74) is 1.99. The average Bonchev–Trinajstić information content (AvgIpc) is 3.39. The molecular formula is C24H27N5O. The Labute approximate surface area is 177 Å². The van der Waals surface area contributed by atoms with Gasteiger partial charge in [0.2, 0.25) is 0 Å². The van der Waals surface area contributed by atoms with Crippen LogP contribution in [0.4, 0.5) is 0 Å². The third-order valence-electron chi connectivity index (χ3n) is 6.85. The average molecular weight is 402 g/mol. The van der Waals surface area contributed by atoms with Gasteiger partial charge in [-0.05, 0) is 36.0 Å². The Kier molecular flexibility index (Phi) is 5.07. The zero-order valence-electron chi connectivity index (χ0n) is 17.2. The van der Waals surface area contributed by atoms with Crippen LogP contribution >= 0.6 is 0 Å². The highest BCUT2D eigenvalue weighted by Crippen LogP contribution is 2.51. The predicted octanol–water partition coefficient (Wildman–Crippen LogP) is 3.91. The number of carbonyl (C=O) groups excluding carboxylic acids is 1. The van der Waals surface area contributed by atoms with Crippen LogP contribution in [-0.2, 0) is 6.54 Å². The normalized spacial score (nSPS) is 20.5. The fraction of sp³-hybridized carbons (Fsp3) is 0.417. The minimum Gasteiger partial charge on any atom is -0.337 e. The van der Waals surface area contributed by atoms with Gasteiger partial charge in [-0.15, -0.1) is 10.2 Å². The van der Waals surface area contributed by atoms with Gasteiger partial charge in [-0.1, -0.05) is 49.6 Å². The molecule has 6 heteroatoms. The van der Waals surface area contributed by atoms with Gasteiger partial charge in [0.15, 0.2) is 0 Å². The van der Waals surface area contributed by atoms with E-state index in [1.165, 1.54) is 24.8 Å². The van der Waals surface area contributed by atoms with Crippen molar-refractivity contribution in [1.82, 2.24) is 24.6 Å². The second-order valence-corrected chi connectivity index (χ2v) is 8.71. The van der Waals surface area contributed by atoms with Gasteiger partial charge in [-0.25, -0.2) is 0 Å². The lowest BCUT2D eigenvalue weighted by molar-refractivity contribution is 0.0758. The van der Waals surface area contributed by atoms with E-state index in [1.807, 2.05) is 29.4 Å². The lowest BCUT2D eigenvalue weighted by atomic mass is 9.67. The molecule has 1 amide bonds. The summed E-state index contributed by atoms with van der Waals surface area (Å²) in [5.74, 6) is 1.30. The second-order valence-electron chi connectivity index (χ2n) is 8.71. The van der Waals surface area contributed by atoms with Crippen LogP contribution in [-0.4, -0.2) is 43.6 Å². The van der Waals surface area contributed by atoms with Gasteiger partial charge in [-0.2, -0.15) is 0 Å². The van der Waals surface area contributed by atoms with E-state index < -0.39 is 0 Å². The number of amides is 1. The van der Waals surface area contributed by atoms with Crippen LogP contribution in [0.2, 0.25) is 0 Å². The molecule has 1 aliphatic heterocycles. The number of carbonyl (C=O) groups is 1. The van der Waals surface area contributed by atoms with E-state index in [2.05, 4.69) is 44.0 Å². The summed E-state index contributed by atoms with van der Waals surface area (Å²) in [5, 5.41) is 8.84. The van der Waals surface area contributed by atoms with E-state index in [9.17, 15) is 4.79 Å². The van der Waals surface area contributed by atoms with Gasteiger partial charge < -0.3 is 9.47 Å². The number of hydrogen-bond donors (Lipinski definition) is 0. The Hall–Kier alpha value is -3.02. The molecule has 1 atom stereocenters. The number of nitrogens with zero attached hydrogens (tertiary/aromatic N) is 5. The van der Waals surface area contributed by atoms with E-state index in [4.69, 9.17) is 0 Å². The van der Waals surface area contributed by atoms with Crippen LogP contribution in [0, 0.1) is 5.41 Å². The van der Waals surface area contributed by atoms with E-state index in [1.54, 1.807) is 12.4 Å². The van der Waals surface area contributed by atoms with Crippen molar-refractivity contribution in [1.29, 1.82) is 0 Å².